The van der Waals surface area contributed by atoms with Crippen LogP contribution in [-0.2, 0) is 0 Å². The van der Waals surface area contributed by atoms with Crippen LogP contribution in [0.15, 0.2) is 0 Å². The molecule has 1 aliphatic rings. The number of nitrogens with two attached hydrogens (primary N) is 1. The van der Waals surface area contributed by atoms with Crippen molar-refractivity contribution >= 4 is 0 Å². The van der Waals surface area contributed by atoms with E-state index in [4.69, 9.17) is 5.73 Å². The molecule has 0 aromatic rings. The first-order valence-corrected chi connectivity index (χ1v) is 5.00. The van der Waals surface area contributed by atoms with Crippen molar-refractivity contribution in [3.8, 4) is 0 Å². The molecule has 1 unspecified atom stereocenters. The van der Waals surface area contributed by atoms with E-state index in [0.717, 1.165) is 0 Å². The maximum Gasteiger partial charge on any atom is 0.0685 e. The zero-order chi connectivity index (χ0) is 9.24. The lowest BCUT2D eigenvalue weighted by Crippen LogP contribution is -2.61. The van der Waals surface area contributed by atoms with Gasteiger partial charge in [-0.15, -0.1) is 0 Å². The van der Waals surface area contributed by atoms with Crippen LogP contribution in [-0.4, -0.2) is 12.7 Å². The molecular weight excluding hydrogens is 148 g/mol. The Morgan fingerprint density at radius 2 is 1.75 bits per heavy atom. The maximum absolute atomic E-state index is 6.21. The van der Waals surface area contributed by atoms with Crippen LogP contribution in [0.5, 0.6) is 0 Å². The van der Waals surface area contributed by atoms with Crippen molar-refractivity contribution in [3.05, 3.63) is 0 Å². The summed E-state index contributed by atoms with van der Waals surface area (Å²) in [4.78, 5) is 0. The van der Waals surface area contributed by atoms with Crippen molar-refractivity contribution in [2.24, 2.45) is 11.1 Å². The first kappa shape index (κ1) is 10.0. The summed E-state index contributed by atoms with van der Waals surface area (Å²) in [6.45, 7) is 4.42. The molecule has 72 valence electrons. The molecule has 1 aliphatic carbocycles. The second-order valence-corrected chi connectivity index (χ2v) is 4.57. The van der Waals surface area contributed by atoms with Crippen LogP contribution in [0, 0.1) is 5.41 Å². The second-order valence-electron chi connectivity index (χ2n) is 4.57. The van der Waals surface area contributed by atoms with E-state index in [0.29, 0.717) is 5.41 Å². The van der Waals surface area contributed by atoms with E-state index in [1.807, 2.05) is 7.05 Å². The minimum atomic E-state index is -0.201. The summed E-state index contributed by atoms with van der Waals surface area (Å²) in [7, 11) is 1.96. The third-order valence-electron chi connectivity index (χ3n) is 3.73. The molecule has 0 heterocycles. The van der Waals surface area contributed by atoms with Gasteiger partial charge in [0.15, 0.2) is 0 Å². The Labute approximate surface area is 75.9 Å². The van der Waals surface area contributed by atoms with Gasteiger partial charge in [-0.3, -0.25) is 0 Å². The Bertz CT molecular complexity index is 146. The van der Waals surface area contributed by atoms with Gasteiger partial charge in [0, 0.05) is 0 Å². The smallest absolute Gasteiger partial charge is 0.0685 e. The number of rotatable bonds is 2. The van der Waals surface area contributed by atoms with Crippen LogP contribution in [0.4, 0.5) is 0 Å². The van der Waals surface area contributed by atoms with E-state index < -0.39 is 0 Å². The van der Waals surface area contributed by atoms with Crippen molar-refractivity contribution in [1.82, 2.24) is 5.32 Å². The third kappa shape index (κ3) is 1.64. The predicted octanol–water partition coefficient (Wildman–Crippen LogP) is 1.85. The quantitative estimate of drug-likeness (QED) is 0.621. The summed E-state index contributed by atoms with van der Waals surface area (Å²) in [6.07, 6.45) is 6.59. The minimum absolute atomic E-state index is 0.201. The largest absolute Gasteiger partial charge is 0.313 e. The van der Waals surface area contributed by atoms with Gasteiger partial charge in [0.25, 0.3) is 0 Å². The summed E-state index contributed by atoms with van der Waals surface area (Å²) in [5.74, 6) is 0. The van der Waals surface area contributed by atoms with Gasteiger partial charge in [-0.05, 0) is 32.2 Å². The number of hydrogen-bond acceptors (Lipinski definition) is 2. The van der Waals surface area contributed by atoms with E-state index in [-0.39, 0.29) is 5.66 Å². The third-order valence-corrected chi connectivity index (χ3v) is 3.73. The Balaban J connectivity index is 2.68. The second kappa shape index (κ2) is 3.35. The summed E-state index contributed by atoms with van der Waals surface area (Å²) >= 11 is 0. The van der Waals surface area contributed by atoms with Gasteiger partial charge < -0.3 is 11.1 Å². The van der Waals surface area contributed by atoms with E-state index in [2.05, 4.69) is 19.2 Å². The van der Waals surface area contributed by atoms with Gasteiger partial charge in [0.2, 0.25) is 0 Å². The van der Waals surface area contributed by atoms with Crippen molar-refractivity contribution in [2.75, 3.05) is 7.05 Å². The summed E-state index contributed by atoms with van der Waals surface area (Å²) in [5, 5.41) is 3.23. The van der Waals surface area contributed by atoms with Crippen LogP contribution in [0.1, 0.15) is 46.0 Å². The molecule has 1 atom stereocenters. The molecule has 2 nitrogen and oxygen atoms in total. The molecule has 0 amide bonds. The Morgan fingerprint density at radius 1 is 1.25 bits per heavy atom. The Kier molecular flexibility index (Phi) is 2.79. The molecule has 0 bridgehead atoms. The van der Waals surface area contributed by atoms with Crippen LogP contribution >= 0.6 is 0 Å². The van der Waals surface area contributed by atoms with Crippen molar-refractivity contribution in [3.63, 3.8) is 0 Å². The monoisotopic (exact) mass is 170 g/mol. The average Bonchev–Trinajstić information content (AvgIpc) is 2.06. The van der Waals surface area contributed by atoms with E-state index >= 15 is 0 Å². The molecule has 12 heavy (non-hydrogen) atoms. The van der Waals surface area contributed by atoms with E-state index in [9.17, 15) is 0 Å². The molecule has 1 fully saturated rings. The summed E-state index contributed by atoms with van der Waals surface area (Å²) in [6, 6.07) is 0. The molecular formula is C10H22N2. The Morgan fingerprint density at radius 3 is 2.17 bits per heavy atom. The molecule has 2 heteroatoms. The SMILES string of the molecule is CNC(C)(N)C1(C)CCCCC1. The standard InChI is InChI=1S/C10H22N2/c1-9(10(2,11)12-3)7-5-4-6-8-9/h12H,4-8,11H2,1-3H3. The van der Waals surface area contributed by atoms with Crippen LogP contribution in [0.3, 0.4) is 0 Å². The molecule has 0 aliphatic heterocycles. The van der Waals surface area contributed by atoms with Crippen LogP contribution in [0.2, 0.25) is 0 Å². The summed E-state index contributed by atoms with van der Waals surface area (Å²) < 4.78 is 0. The van der Waals surface area contributed by atoms with Gasteiger partial charge in [0.05, 0.1) is 5.66 Å². The molecule has 0 spiro atoms. The van der Waals surface area contributed by atoms with Crippen molar-refractivity contribution in [1.29, 1.82) is 0 Å². The zero-order valence-corrected chi connectivity index (χ0v) is 8.61. The van der Waals surface area contributed by atoms with Gasteiger partial charge in [0.1, 0.15) is 0 Å². The fourth-order valence-electron chi connectivity index (χ4n) is 2.15. The zero-order valence-electron chi connectivity index (χ0n) is 8.61. The average molecular weight is 170 g/mol. The van der Waals surface area contributed by atoms with Crippen LogP contribution in [0.25, 0.3) is 0 Å². The lowest BCUT2D eigenvalue weighted by atomic mass is 9.68. The first-order valence-electron chi connectivity index (χ1n) is 5.00. The highest BCUT2D eigenvalue weighted by molar-refractivity contribution is 4.95. The first-order chi connectivity index (χ1) is 5.52. The van der Waals surface area contributed by atoms with Gasteiger partial charge >= 0.3 is 0 Å². The highest BCUT2D eigenvalue weighted by atomic mass is 15.1. The van der Waals surface area contributed by atoms with Crippen LogP contribution < -0.4 is 11.1 Å². The fourth-order valence-corrected chi connectivity index (χ4v) is 2.15. The molecule has 1 rings (SSSR count). The maximum atomic E-state index is 6.21. The van der Waals surface area contributed by atoms with E-state index in [1.165, 1.54) is 32.1 Å². The fraction of sp³-hybridized carbons (Fsp3) is 1.00. The van der Waals surface area contributed by atoms with E-state index in [1.54, 1.807) is 0 Å². The van der Waals surface area contributed by atoms with Gasteiger partial charge in [-0.25, -0.2) is 0 Å². The highest BCUT2D eigenvalue weighted by Gasteiger charge is 2.40. The normalized spacial score (nSPS) is 28.0. The summed E-state index contributed by atoms with van der Waals surface area (Å²) in [5.41, 5.74) is 6.30. The molecule has 1 saturated carbocycles. The molecule has 0 aromatic heterocycles. The molecule has 0 saturated heterocycles. The van der Waals surface area contributed by atoms with Crippen molar-refractivity contribution in [2.45, 2.75) is 51.6 Å². The molecule has 0 radical (unpaired) electrons. The van der Waals surface area contributed by atoms with Gasteiger partial charge in [-0.2, -0.15) is 0 Å². The lowest BCUT2D eigenvalue weighted by Gasteiger charge is -2.46. The predicted molar refractivity (Wildman–Crippen MR) is 52.8 cm³/mol. The molecule has 0 aromatic carbocycles. The Hall–Kier alpha value is -0.0800. The highest BCUT2D eigenvalue weighted by Crippen LogP contribution is 2.41. The number of nitrogens with one attached hydrogen (secondary N) is 1. The van der Waals surface area contributed by atoms with Crippen molar-refractivity contribution < 1.29 is 0 Å². The topological polar surface area (TPSA) is 38.0 Å². The molecule has 3 N–H and O–H groups in total. The minimum Gasteiger partial charge on any atom is -0.313 e. The number of hydrogen-bond donors (Lipinski definition) is 2. The van der Waals surface area contributed by atoms with Gasteiger partial charge in [-0.1, -0.05) is 26.2 Å². The lowest BCUT2D eigenvalue weighted by molar-refractivity contribution is 0.0793.